The lowest BCUT2D eigenvalue weighted by atomic mass is 9.93. The second-order valence-corrected chi connectivity index (χ2v) is 5.76. The minimum Gasteiger partial charge on any atom is -0.497 e. The molecule has 1 heterocycles. The maximum Gasteiger partial charge on any atom is 0.126 e. The molecule has 3 nitrogen and oxygen atoms in total. The van der Waals surface area contributed by atoms with Gasteiger partial charge in [0.15, 0.2) is 0 Å². The Morgan fingerprint density at radius 2 is 2.10 bits per heavy atom. The Labute approximate surface area is 121 Å². The Morgan fingerprint density at radius 3 is 2.90 bits per heavy atom. The van der Waals surface area contributed by atoms with Gasteiger partial charge in [-0.15, -0.1) is 0 Å². The van der Waals surface area contributed by atoms with Crippen LogP contribution in [-0.2, 0) is 0 Å². The molecular weight excluding hydrogens is 250 g/mol. The van der Waals surface area contributed by atoms with Crippen molar-refractivity contribution in [3.8, 4) is 11.5 Å². The fraction of sp³-hybridized carbons (Fsp3) is 0.529. The first kappa shape index (κ1) is 13.5. The number of hydrogen-bond donors (Lipinski definition) is 1. The molecule has 1 N–H and O–H groups in total. The van der Waals surface area contributed by atoms with Crippen LogP contribution in [0.4, 0.5) is 0 Å². The zero-order chi connectivity index (χ0) is 13.9. The topological polar surface area (TPSA) is 30.5 Å². The van der Waals surface area contributed by atoms with E-state index in [0.29, 0.717) is 6.04 Å². The van der Waals surface area contributed by atoms with Crippen molar-refractivity contribution >= 4 is 6.08 Å². The number of rotatable bonds is 4. The highest BCUT2D eigenvalue weighted by Crippen LogP contribution is 2.38. The van der Waals surface area contributed by atoms with Crippen LogP contribution >= 0.6 is 0 Å². The molecule has 0 amide bonds. The minimum atomic E-state index is 0.512. The summed E-state index contributed by atoms with van der Waals surface area (Å²) in [5.74, 6) is 3.46. The van der Waals surface area contributed by atoms with Crippen LogP contribution in [0.25, 0.3) is 6.08 Å². The Morgan fingerprint density at radius 1 is 1.20 bits per heavy atom. The van der Waals surface area contributed by atoms with E-state index in [2.05, 4.69) is 17.5 Å². The number of nitrogens with one attached hydrogen (secondary N) is 1. The highest BCUT2D eigenvalue weighted by atomic mass is 16.5. The van der Waals surface area contributed by atoms with E-state index in [4.69, 9.17) is 9.47 Å². The summed E-state index contributed by atoms with van der Waals surface area (Å²) in [6, 6.07) is 6.42. The van der Waals surface area contributed by atoms with Crippen LogP contribution in [0.3, 0.4) is 0 Å². The fourth-order valence-corrected chi connectivity index (χ4v) is 3.62. The van der Waals surface area contributed by atoms with Gasteiger partial charge in [0.2, 0.25) is 0 Å². The first-order valence-electron chi connectivity index (χ1n) is 7.45. The monoisotopic (exact) mass is 273 g/mol. The predicted molar refractivity (Wildman–Crippen MR) is 81.2 cm³/mol. The highest BCUT2D eigenvalue weighted by molar-refractivity contribution is 5.60. The van der Waals surface area contributed by atoms with Crippen molar-refractivity contribution in [1.82, 2.24) is 5.32 Å². The molecule has 0 aromatic heterocycles. The second-order valence-electron chi connectivity index (χ2n) is 5.76. The van der Waals surface area contributed by atoms with Crippen LogP contribution in [-0.4, -0.2) is 26.8 Å². The molecule has 0 radical (unpaired) electrons. The lowest BCUT2D eigenvalue weighted by molar-refractivity contribution is 0.402. The number of fused-ring (bicyclic) bond motifs is 1. The van der Waals surface area contributed by atoms with Crippen molar-refractivity contribution < 1.29 is 9.47 Å². The molecule has 3 heteroatoms. The average molecular weight is 273 g/mol. The first-order chi connectivity index (χ1) is 9.81. The zero-order valence-electron chi connectivity index (χ0n) is 12.3. The average Bonchev–Trinajstić information content (AvgIpc) is 3.08. The Hall–Kier alpha value is -1.48. The molecular formula is C17H23NO2. The van der Waals surface area contributed by atoms with Gasteiger partial charge < -0.3 is 14.8 Å². The van der Waals surface area contributed by atoms with Gasteiger partial charge in [-0.25, -0.2) is 0 Å². The van der Waals surface area contributed by atoms with E-state index >= 15 is 0 Å². The molecule has 0 bridgehead atoms. The van der Waals surface area contributed by atoms with E-state index in [9.17, 15) is 0 Å². The third kappa shape index (κ3) is 2.55. The molecule has 3 rings (SSSR count). The van der Waals surface area contributed by atoms with Gasteiger partial charge in [0, 0.05) is 11.6 Å². The van der Waals surface area contributed by atoms with E-state index in [1.165, 1.54) is 25.8 Å². The third-order valence-corrected chi connectivity index (χ3v) is 4.71. The van der Waals surface area contributed by atoms with Crippen LogP contribution in [0.5, 0.6) is 11.5 Å². The van der Waals surface area contributed by atoms with Crippen molar-refractivity contribution in [2.75, 3.05) is 20.8 Å². The van der Waals surface area contributed by atoms with Crippen molar-refractivity contribution in [2.45, 2.75) is 25.3 Å². The maximum absolute atomic E-state index is 5.42. The number of ether oxygens (including phenoxy) is 2. The van der Waals surface area contributed by atoms with Gasteiger partial charge in [-0.3, -0.25) is 0 Å². The van der Waals surface area contributed by atoms with Gasteiger partial charge in [0.25, 0.3) is 0 Å². The number of benzene rings is 1. The van der Waals surface area contributed by atoms with Gasteiger partial charge in [0.05, 0.1) is 14.2 Å². The molecule has 1 aromatic carbocycles. The molecule has 2 fully saturated rings. The molecule has 1 saturated heterocycles. The van der Waals surface area contributed by atoms with Gasteiger partial charge >= 0.3 is 0 Å². The maximum atomic E-state index is 5.42. The van der Waals surface area contributed by atoms with E-state index in [1.807, 2.05) is 18.2 Å². The van der Waals surface area contributed by atoms with Crippen molar-refractivity contribution in [3.63, 3.8) is 0 Å². The minimum absolute atomic E-state index is 0.512. The summed E-state index contributed by atoms with van der Waals surface area (Å²) < 4.78 is 10.7. The summed E-state index contributed by atoms with van der Waals surface area (Å²) in [5.41, 5.74) is 1.08. The summed E-state index contributed by atoms with van der Waals surface area (Å²) in [7, 11) is 3.40. The van der Waals surface area contributed by atoms with Crippen molar-refractivity contribution in [1.29, 1.82) is 0 Å². The summed E-state index contributed by atoms with van der Waals surface area (Å²) in [4.78, 5) is 0. The van der Waals surface area contributed by atoms with Crippen LogP contribution in [0, 0.1) is 11.8 Å². The van der Waals surface area contributed by atoms with Crippen molar-refractivity contribution in [3.05, 3.63) is 29.8 Å². The van der Waals surface area contributed by atoms with E-state index in [0.717, 1.165) is 28.9 Å². The van der Waals surface area contributed by atoms with Gasteiger partial charge in [-0.1, -0.05) is 18.6 Å². The van der Waals surface area contributed by atoms with Crippen LogP contribution in [0.1, 0.15) is 24.8 Å². The summed E-state index contributed by atoms with van der Waals surface area (Å²) in [6.07, 6.45) is 8.61. The summed E-state index contributed by atoms with van der Waals surface area (Å²) in [5, 5.41) is 3.64. The van der Waals surface area contributed by atoms with Crippen LogP contribution in [0.15, 0.2) is 24.3 Å². The Kier molecular flexibility index (Phi) is 3.97. The smallest absolute Gasteiger partial charge is 0.126 e. The zero-order valence-corrected chi connectivity index (χ0v) is 12.3. The lowest BCUT2D eigenvalue weighted by Gasteiger charge is -2.14. The highest BCUT2D eigenvalue weighted by Gasteiger charge is 2.37. The SMILES string of the molecule is COc1ccc(OC)c(/C=C/C2NCC3CCCC32)c1. The molecule has 2 aliphatic rings. The Bertz CT molecular complexity index is 498. The van der Waals surface area contributed by atoms with Crippen molar-refractivity contribution in [2.24, 2.45) is 11.8 Å². The summed E-state index contributed by atoms with van der Waals surface area (Å²) >= 11 is 0. The normalized spacial score (nSPS) is 28.8. The third-order valence-electron chi connectivity index (χ3n) is 4.71. The summed E-state index contributed by atoms with van der Waals surface area (Å²) in [6.45, 7) is 1.18. The first-order valence-corrected chi connectivity index (χ1v) is 7.45. The number of methoxy groups -OCH3 is 2. The van der Waals surface area contributed by atoms with Crippen LogP contribution < -0.4 is 14.8 Å². The molecule has 1 aliphatic heterocycles. The van der Waals surface area contributed by atoms with E-state index < -0.39 is 0 Å². The molecule has 1 aliphatic carbocycles. The predicted octanol–water partition coefficient (Wildman–Crippen LogP) is 3.11. The molecule has 20 heavy (non-hydrogen) atoms. The molecule has 3 atom stereocenters. The number of hydrogen-bond acceptors (Lipinski definition) is 3. The lowest BCUT2D eigenvalue weighted by Crippen LogP contribution is -2.23. The Balaban J connectivity index is 1.78. The quantitative estimate of drug-likeness (QED) is 0.914. The standard InChI is InChI=1S/C17H23NO2/c1-19-14-7-9-17(20-2)12(10-14)6-8-16-15-5-3-4-13(15)11-18-16/h6-10,13,15-16,18H,3-5,11H2,1-2H3/b8-6+. The van der Waals surface area contributed by atoms with E-state index in [-0.39, 0.29) is 0 Å². The van der Waals surface area contributed by atoms with Gasteiger partial charge in [0.1, 0.15) is 11.5 Å². The molecule has 1 aromatic rings. The van der Waals surface area contributed by atoms with E-state index in [1.54, 1.807) is 14.2 Å². The molecule has 3 unspecified atom stereocenters. The largest absolute Gasteiger partial charge is 0.497 e. The van der Waals surface area contributed by atoms with Crippen LogP contribution in [0.2, 0.25) is 0 Å². The molecule has 1 saturated carbocycles. The molecule has 108 valence electrons. The van der Waals surface area contributed by atoms with Gasteiger partial charge in [-0.05, 0) is 49.4 Å². The fourth-order valence-electron chi connectivity index (χ4n) is 3.62. The molecule has 0 spiro atoms. The van der Waals surface area contributed by atoms with Gasteiger partial charge in [-0.2, -0.15) is 0 Å². The second kappa shape index (κ2) is 5.88.